The van der Waals surface area contributed by atoms with Gasteiger partial charge < -0.3 is 0 Å². The van der Waals surface area contributed by atoms with Crippen LogP contribution < -0.4 is 5.43 Å². The minimum atomic E-state index is -1.25. The van der Waals surface area contributed by atoms with Gasteiger partial charge in [0.05, 0.1) is 10.8 Å². The summed E-state index contributed by atoms with van der Waals surface area (Å²) in [6.45, 7) is 0. The first kappa shape index (κ1) is 12.7. The van der Waals surface area contributed by atoms with Gasteiger partial charge in [0.25, 0.3) is 11.8 Å². The van der Waals surface area contributed by atoms with Crippen molar-refractivity contribution >= 4 is 22.6 Å². The lowest BCUT2D eigenvalue weighted by Crippen LogP contribution is -2.32. The Morgan fingerprint density at radius 1 is 1.28 bits per heavy atom. The number of hydrogen-bond donors (Lipinski definition) is 2. The molecule has 0 radical (unpaired) electrons. The van der Waals surface area contributed by atoms with Crippen molar-refractivity contribution in [2.75, 3.05) is 5.75 Å². The molecule has 18 heavy (non-hydrogen) atoms. The van der Waals surface area contributed by atoms with Crippen molar-refractivity contribution in [2.45, 2.75) is 11.3 Å². The van der Waals surface area contributed by atoms with E-state index in [1.54, 1.807) is 24.3 Å². The van der Waals surface area contributed by atoms with Crippen molar-refractivity contribution in [1.29, 1.82) is 0 Å². The van der Waals surface area contributed by atoms with Crippen LogP contribution in [0.15, 0.2) is 35.2 Å². The molecule has 1 aromatic rings. The lowest BCUT2D eigenvalue weighted by Gasteiger charge is -2.05. The number of amides is 2. The Labute approximate surface area is 106 Å². The number of hydrazine groups is 1. The van der Waals surface area contributed by atoms with Crippen LogP contribution in [0.25, 0.3) is 0 Å². The van der Waals surface area contributed by atoms with Gasteiger partial charge >= 0.3 is 0 Å². The van der Waals surface area contributed by atoms with E-state index >= 15 is 0 Å². The van der Waals surface area contributed by atoms with Gasteiger partial charge in [-0.25, -0.2) is 5.43 Å². The van der Waals surface area contributed by atoms with Crippen LogP contribution in [-0.4, -0.2) is 32.2 Å². The van der Waals surface area contributed by atoms with E-state index in [1.807, 2.05) is 11.5 Å². The summed E-state index contributed by atoms with van der Waals surface area (Å²) in [6.07, 6.45) is 0.142. The Hall–Kier alpha value is -1.73. The molecular formula is C11H12N2O4S. The fraction of sp³-hybridized carbons (Fsp3) is 0.273. The summed E-state index contributed by atoms with van der Waals surface area (Å²) in [4.78, 5) is 23.3. The standard InChI is InChI=1S/C11H12N2O4S/c14-10-9(11(15)13(16)12-10)6-7-18(17)8-4-2-1-3-5-8/h1-5,9,16H,6-7H2,(H,12,14). The van der Waals surface area contributed by atoms with Gasteiger partial charge in [0, 0.05) is 10.6 Å². The summed E-state index contributed by atoms with van der Waals surface area (Å²) in [5.41, 5.74) is 1.98. The van der Waals surface area contributed by atoms with Gasteiger partial charge in [-0.3, -0.25) is 19.0 Å². The number of hydrogen-bond acceptors (Lipinski definition) is 4. The minimum Gasteiger partial charge on any atom is -0.272 e. The summed E-state index contributed by atoms with van der Waals surface area (Å²) in [5, 5.41) is 9.18. The molecule has 1 heterocycles. The van der Waals surface area contributed by atoms with Crippen LogP contribution in [0, 0.1) is 5.92 Å². The Morgan fingerprint density at radius 2 is 1.94 bits per heavy atom. The van der Waals surface area contributed by atoms with Crippen LogP contribution in [0.4, 0.5) is 0 Å². The van der Waals surface area contributed by atoms with Crippen LogP contribution in [0.1, 0.15) is 6.42 Å². The number of carbonyl (C=O) groups is 2. The normalized spacial score (nSPS) is 20.9. The molecule has 0 bridgehead atoms. The van der Waals surface area contributed by atoms with E-state index in [-0.39, 0.29) is 17.3 Å². The van der Waals surface area contributed by atoms with Gasteiger partial charge in [-0.15, -0.1) is 5.17 Å². The maximum absolute atomic E-state index is 11.9. The van der Waals surface area contributed by atoms with Crippen molar-refractivity contribution in [3.05, 3.63) is 30.3 Å². The molecule has 0 spiro atoms. The molecule has 96 valence electrons. The first-order chi connectivity index (χ1) is 8.59. The molecule has 7 heteroatoms. The van der Waals surface area contributed by atoms with Gasteiger partial charge in [0.2, 0.25) is 0 Å². The maximum Gasteiger partial charge on any atom is 0.279 e. The lowest BCUT2D eigenvalue weighted by atomic mass is 10.1. The SMILES string of the molecule is O=C1NN(O)C(=O)C1CCS(=O)c1ccccc1. The molecular weight excluding hydrogens is 256 g/mol. The Morgan fingerprint density at radius 3 is 2.50 bits per heavy atom. The first-order valence-electron chi connectivity index (χ1n) is 5.36. The molecule has 0 aliphatic carbocycles. The highest BCUT2D eigenvalue weighted by atomic mass is 32.2. The van der Waals surface area contributed by atoms with Crippen LogP contribution >= 0.6 is 0 Å². The fourth-order valence-electron chi connectivity index (χ4n) is 1.67. The molecule has 2 amide bonds. The zero-order valence-corrected chi connectivity index (χ0v) is 10.2. The zero-order valence-electron chi connectivity index (χ0n) is 9.41. The molecule has 2 N–H and O–H groups in total. The average Bonchev–Trinajstić information content (AvgIpc) is 2.62. The van der Waals surface area contributed by atoms with Crippen LogP contribution in [-0.2, 0) is 20.4 Å². The third-order valence-electron chi connectivity index (χ3n) is 2.64. The zero-order chi connectivity index (χ0) is 13.1. The fourth-order valence-corrected chi connectivity index (χ4v) is 2.81. The Bertz CT molecular complexity index is 491. The van der Waals surface area contributed by atoms with Gasteiger partial charge in [-0.2, -0.15) is 0 Å². The highest BCUT2D eigenvalue weighted by Crippen LogP contribution is 2.15. The van der Waals surface area contributed by atoms with E-state index in [2.05, 4.69) is 0 Å². The Balaban J connectivity index is 1.95. The van der Waals surface area contributed by atoms with Crippen LogP contribution in [0.5, 0.6) is 0 Å². The second-order valence-corrected chi connectivity index (χ2v) is 5.40. The summed E-state index contributed by atoms with van der Waals surface area (Å²) < 4.78 is 11.9. The molecule has 6 nitrogen and oxygen atoms in total. The number of nitrogens with one attached hydrogen (secondary N) is 1. The monoisotopic (exact) mass is 268 g/mol. The van der Waals surface area contributed by atoms with E-state index in [4.69, 9.17) is 5.21 Å². The summed E-state index contributed by atoms with van der Waals surface area (Å²) in [6, 6.07) is 8.82. The quantitative estimate of drug-likeness (QED) is 0.597. The van der Waals surface area contributed by atoms with E-state index in [0.717, 1.165) is 0 Å². The molecule has 2 unspecified atom stereocenters. The molecule has 0 aromatic heterocycles. The maximum atomic E-state index is 11.9. The predicted octanol–water partition coefficient (Wildman–Crippen LogP) is 0.0631. The molecule has 1 aromatic carbocycles. The van der Waals surface area contributed by atoms with E-state index in [0.29, 0.717) is 4.90 Å². The predicted molar refractivity (Wildman–Crippen MR) is 62.6 cm³/mol. The Kier molecular flexibility index (Phi) is 3.73. The minimum absolute atomic E-state index is 0.142. The summed E-state index contributed by atoms with van der Waals surface area (Å²) >= 11 is 0. The van der Waals surface area contributed by atoms with E-state index in [1.165, 1.54) is 0 Å². The second-order valence-electron chi connectivity index (χ2n) is 3.83. The lowest BCUT2D eigenvalue weighted by molar-refractivity contribution is -0.171. The topological polar surface area (TPSA) is 86.7 Å². The van der Waals surface area contributed by atoms with Gasteiger partial charge in [0.1, 0.15) is 5.92 Å². The van der Waals surface area contributed by atoms with Crippen molar-refractivity contribution in [1.82, 2.24) is 10.6 Å². The molecule has 2 atom stereocenters. The largest absolute Gasteiger partial charge is 0.279 e. The number of rotatable bonds is 4. The number of hydroxylamine groups is 1. The summed E-state index contributed by atoms with van der Waals surface area (Å²) in [5.74, 6) is -2.03. The van der Waals surface area contributed by atoms with E-state index in [9.17, 15) is 13.8 Å². The number of carbonyl (C=O) groups excluding carboxylic acids is 2. The average molecular weight is 268 g/mol. The molecule has 1 fully saturated rings. The summed E-state index contributed by atoms with van der Waals surface area (Å²) in [7, 11) is -1.25. The number of nitrogens with zero attached hydrogens (tertiary/aromatic N) is 1. The molecule has 1 saturated heterocycles. The molecule has 1 aliphatic heterocycles. The third kappa shape index (κ3) is 2.57. The molecule has 2 rings (SSSR count). The van der Waals surface area contributed by atoms with Gasteiger partial charge in [0.15, 0.2) is 0 Å². The highest BCUT2D eigenvalue weighted by molar-refractivity contribution is 7.85. The third-order valence-corrected chi connectivity index (χ3v) is 4.04. The number of benzene rings is 1. The van der Waals surface area contributed by atoms with E-state index < -0.39 is 28.5 Å². The molecule has 1 aliphatic rings. The highest BCUT2D eigenvalue weighted by Gasteiger charge is 2.38. The second kappa shape index (κ2) is 5.28. The smallest absolute Gasteiger partial charge is 0.272 e. The first-order valence-corrected chi connectivity index (χ1v) is 6.68. The van der Waals surface area contributed by atoms with Crippen LogP contribution in [0.3, 0.4) is 0 Å². The molecule has 0 saturated carbocycles. The van der Waals surface area contributed by atoms with Gasteiger partial charge in [-0.05, 0) is 18.6 Å². The van der Waals surface area contributed by atoms with Gasteiger partial charge in [-0.1, -0.05) is 18.2 Å². The van der Waals surface area contributed by atoms with Crippen LogP contribution in [0.2, 0.25) is 0 Å². The van der Waals surface area contributed by atoms with Crippen molar-refractivity contribution in [2.24, 2.45) is 5.92 Å². The van der Waals surface area contributed by atoms with Crippen molar-refractivity contribution in [3.8, 4) is 0 Å². The van der Waals surface area contributed by atoms with Crippen molar-refractivity contribution < 1.29 is 19.0 Å². The van der Waals surface area contributed by atoms with Crippen molar-refractivity contribution in [3.63, 3.8) is 0 Å².